The number of phenols is 1. The largest absolute Gasteiger partial charge is 0.508 e. The molecule has 0 unspecified atom stereocenters. The number of aromatic hydroxyl groups is 1. The quantitative estimate of drug-likeness (QED) is 0.813. The third kappa shape index (κ3) is 2.93. The number of amides is 1. The Balaban J connectivity index is 2.30. The zero-order valence-corrected chi connectivity index (χ0v) is 11.3. The predicted molar refractivity (Wildman–Crippen MR) is 70.1 cm³/mol. The maximum absolute atomic E-state index is 13.5. The summed E-state index contributed by atoms with van der Waals surface area (Å²) >= 11 is 2.80. The van der Waals surface area contributed by atoms with E-state index < -0.39 is 34.6 Å². The fraction of sp³-hybridized carbons (Fsp3) is 0. The molecule has 0 spiro atoms. The van der Waals surface area contributed by atoms with Crippen molar-refractivity contribution >= 4 is 27.5 Å². The number of halogens is 4. The molecule has 0 aliphatic carbocycles. The van der Waals surface area contributed by atoms with Crippen LogP contribution in [0, 0.1) is 17.5 Å². The molecule has 0 atom stereocenters. The van der Waals surface area contributed by atoms with E-state index in [0.717, 1.165) is 30.3 Å². The van der Waals surface area contributed by atoms with Gasteiger partial charge in [-0.3, -0.25) is 4.79 Å². The van der Waals surface area contributed by atoms with Crippen LogP contribution < -0.4 is 5.32 Å². The van der Waals surface area contributed by atoms with Gasteiger partial charge in [0.1, 0.15) is 23.2 Å². The van der Waals surface area contributed by atoms with Crippen LogP contribution in [0.3, 0.4) is 0 Å². The van der Waals surface area contributed by atoms with Crippen LogP contribution in [0.5, 0.6) is 5.75 Å². The molecule has 0 fully saturated rings. The highest BCUT2D eigenvalue weighted by Gasteiger charge is 2.15. The monoisotopic (exact) mass is 345 g/mol. The molecule has 20 heavy (non-hydrogen) atoms. The van der Waals surface area contributed by atoms with Crippen LogP contribution in [0.15, 0.2) is 34.8 Å². The Hall–Kier alpha value is -2.02. The highest BCUT2D eigenvalue weighted by Crippen LogP contribution is 2.24. The molecule has 0 heterocycles. The average molecular weight is 346 g/mol. The highest BCUT2D eigenvalue weighted by atomic mass is 79.9. The third-order valence-corrected chi connectivity index (χ3v) is 3.06. The van der Waals surface area contributed by atoms with E-state index in [-0.39, 0.29) is 10.2 Å². The minimum absolute atomic E-state index is 0.0937. The first-order valence-corrected chi connectivity index (χ1v) is 6.12. The lowest BCUT2D eigenvalue weighted by molar-refractivity contribution is 0.102. The normalized spacial score (nSPS) is 10.4. The molecule has 2 rings (SSSR count). The molecule has 0 saturated carbocycles. The fourth-order valence-electron chi connectivity index (χ4n) is 1.50. The second-order valence-corrected chi connectivity index (χ2v) is 4.72. The summed E-state index contributed by atoms with van der Waals surface area (Å²) < 4.78 is 40.2. The maximum Gasteiger partial charge on any atom is 0.258 e. The van der Waals surface area contributed by atoms with Crippen molar-refractivity contribution in [3.8, 4) is 5.75 Å². The van der Waals surface area contributed by atoms with E-state index in [0.29, 0.717) is 0 Å². The molecule has 0 aromatic heterocycles. The summed E-state index contributed by atoms with van der Waals surface area (Å²) in [5.74, 6) is -3.91. The van der Waals surface area contributed by atoms with Crippen LogP contribution in [0.4, 0.5) is 18.9 Å². The minimum atomic E-state index is -0.972. The molecule has 7 heteroatoms. The first kappa shape index (κ1) is 14.4. The highest BCUT2D eigenvalue weighted by molar-refractivity contribution is 9.10. The summed E-state index contributed by atoms with van der Waals surface area (Å²) in [4.78, 5) is 11.8. The number of anilines is 1. The summed E-state index contributed by atoms with van der Waals surface area (Å²) in [6.07, 6.45) is 0. The lowest BCUT2D eigenvalue weighted by atomic mass is 10.2. The van der Waals surface area contributed by atoms with Gasteiger partial charge < -0.3 is 10.4 Å². The molecular weight excluding hydrogens is 339 g/mol. The van der Waals surface area contributed by atoms with Gasteiger partial charge in [0.2, 0.25) is 0 Å². The van der Waals surface area contributed by atoms with E-state index in [1.807, 2.05) is 0 Å². The Morgan fingerprint density at radius 3 is 2.40 bits per heavy atom. The van der Waals surface area contributed by atoms with Crippen LogP contribution >= 0.6 is 15.9 Å². The fourth-order valence-corrected chi connectivity index (χ4v) is 1.81. The van der Waals surface area contributed by atoms with Gasteiger partial charge in [-0.15, -0.1) is 0 Å². The van der Waals surface area contributed by atoms with Crippen molar-refractivity contribution in [3.63, 3.8) is 0 Å². The van der Waals surface area contributed by atoms with E-state index in [1.165, 1.54) is 0 Å². The number of hydrogen-bond acceptors (Lipinski definition) is 2. The number of benzene rings is 2. The molecular formula is C13H7BrF3NO2. The summed E-state index contributed by atoms with van der Waals surface area (Å²) in [7, 11) is 0. The molecule has 0 radical (unpaired) electrons. The van der Waals surface area contributed by atoms with Crippen molar-refractivity contribution in [2.75, 3.05) is 5.32 Å². The Kier molecular flexibility index (Phi) is 3.99. The van der Waals surface area contributed by atoms with Crippen molar-refractivity contribution < 1.29 is 23.1 Å². The Morgan fingerprint density at radius 2 is 1.75 bits per heavy atom. The topological polar surface area (TPSA) is 49.3 Å². The Morgan fingerprint density at radius 1 is 1.05 bits per heavy atom. The molecule has 3 nitrogen and oxygen atoms in total. The van der Waals surface area contributed by atoms with Gasteiger partial charge in [0.15, 0.2) is 0 Å². The zero-order chi connectivity index (χ0) is 14.9. The smallest absolute Gasteiger partial charge is 0.258 e. The molecule has 0 bridgehead atoms. The zero-order valence-electron chi connectivity index (χ0n) is 9.75. The van der Waals surface area contributed by atoms with E-state index in [2.05, 4.69) is 21.2 Å². The second-order valence-electron chi connectivity index (χ2n) is 3.86. The van der Waals surface area contributed by atoms with Crippen molar-refractivity contribution in [2.24, 2.45) is 0 Å². The summed E-state index contributed by atoms with van der Waals surface area (Å²) in [6.45, 7) is 0. The van der Waals surface area contributed by atoms with Gasteiger partial charge in [0, 0.05) is 12.1 Å². The number of hydrogen-bond donors (Lipinski definition) is 2. The Bertz CT molecular complexity index is 692. The van der Waals surface area contributed by atoms with Crippen molar-refractivity contribution in [1.29, 1.82) is 0 Å². The predicted octanol–water partition coefficient (Wildman–Crippen LogP) is 3.82. The lowest BCUT2D eigenvalue weighted by Gasteiger charge is -2.08. The van der Waals surface area contributed by atoms with E-state index >= 15 is 0 Å². The van der Waals surface area contributed by atoms with Crippen LogP contribution in [-0.4, -0.2) is 11.0 Å². The standard InChI is InChI=1S/C13H7BrF3NO2/c14-8-4-11(17)12(5-10(8)16)18-13(20)7-2-1-6(19)3-9(7)15/h1-5,19H,(H,18,20). The van der Waals surface area contributed by atoms with Gasteiger partial charge in [-0.25, -0.2) is 13.2 Å². The first-order chi connectivity index (χ1) is 9.38. The van der Waals surface area contributed by atoms with Crippen LogP contribution in [0.1, 0.15) is 10.4 Å². The third-order valence-electron chi connectivity index (χ3n) is 2.46. The van der Waals surface area contributed by atoms with Gasteiger partial charge in [-0.2, -0.15) is 0 Å². The number of carbonyl (C=O) groups is 1. The molecule has 0 aliphatic heterocycles. The molecule has 2 aromatic rings. The molecule has 1 amide bonds. The van der Waals surface area contributed by atoms with Crippen LogP contribution in [0.2, 0.25) is 0 Å². The summed E-state index contributed by atoms with van der Waals surface area (Å²) in [6, 6.07) is 4.50. The summed E-state index contributed by atoms with van der Waals surface area (Å²) in [5, 5.41) is 11.1. The van der Waals surface area contributed by atoms with Crippen molar-refractivity contribution in [2.45, 2.75) is 0 Å². The maximum atomic E-state index is 13.5. The van der Waals surface area contributed by atoms with Crippen molar-refractivity contribution in [1.82, 2.24) is 0 Å². The molecule has 104 valence electrons. The van der Waals surface area contributed by atoms with Gasteiger partial charge in [0.25, 0.3) is 5.91 Å². The molecule has 2 aromatic carbocycles. The lowest BCUT2D eigenvalue weighted by Crippen LogP contribution is -2.15. The van der Waals surface area contributed by atoms with Crippen LogP contribution in [0.25, 0.3) is 0 Å². The number of rotatable bonds is 2. The summed E-state index contributed by atoms with van der Waals surface area (Å²) in [5.41, 5.74) is -0.811. The molecule has 0 saturated heterocycles. The van der Waals surface area contributed by atoms with Gasteiger partial charge in [-0.1, -0.05) is 0 Å². The van der Waals surface area contributed by atoms with Gasteiger partial charge in [0.05, 0.1) is 15.7 Å². The number of phenolic OH excluding ortho intramolecular Hbond substituents is 1. The van der Waals surface area contributed by atoms with Gasteiger partial charge >= 0.3 is 0 Å². The van der Waals surface area contributed by atoms with Crippen LogP contribution in [-0.2, 0) is 0 Å². The molecule has 0 aliphatic rings. The molecule has 2 N–H and O–H groups in total. The van der Waals surface area contributed by atoms with E-state index in [1.54, 1.807) is 0 Å². The minimum Gasteiger partial charge on any atom is -0.508 e. The van der Waals surface area contributed by atoms with E-state index in [9.17, 15) is 18.0 Å². The SMILES string of the molecule is O=C(Nc1cc(F)c(Br)cc1F)c1ccc(O)cc1F. The Labute approximate surface area is 120 Å². The van der Waals surface area contributed by atoms with E-state index in [4.69, 9.17) is 5.11 Å². The van der Waals surface area contributed by atoms with Gasteiger partial charge in [-0.05, 0) is 34.1 Å². The first-order valence-electron chi connectivity index (χ1n) is 5.33. The number of carbonyl (C=O) groups excluding carboxylic acids is 1. The average Bonchev–Trinajstić information content (AvgIpc) is 2.35. The number of nitrogens with one attached hydrogen (secondary N) is 1. The van der Waals surface area contributed by atoms with Crippen molar-refractivity contribution in [3.05, 3.63) is 57.8 Å². The second kappa shape index (κ2) is 5.54.